The number of nitrogens with zero attached hydrogens (tertiary/aromatic N) is 3. The molecule has 6 heteroatoms. The van der Waals surface area contributed by atoms with E-state index in [0.717, 1.165) is 12.1 Å². The highest BCUT2D eigenvalue weighted by atomic mass is 35.5. The number of aromatic nitrogens is 3. The Bertz CT molecular complexity index is 688. The summed E-state index contributed by atoms with van der Waals surface area (Å²) in [6, 6.07) is 5.33. The summed E-state index contributed by atoms with van der Waals surface area (Å²) in [6.07, 6.45) is 3.57. The fraction of sp³-hybridized carbons (Fsp3) is 0.167. The van der Waals surface area contributed by atoms with E-state index in [0.29, 0.717) is 28.7 Å². The molecule has 0 amide bonds. The summed E-state index contributed by atoms with van der Waals surface area (Å²) in [7, 11) is 0. The maximum Gasteiger partial charge on any atom is 0.247 e. The average molecular weight is 263 g/mol. The molecular formula is C12H11ClN4O. The van der Waals surface area contributed by atoms with E-state index in [1.807, 2.05) is 10.8 Å². The number of halogens is 1. The Morgan fingerprint density at radius 3 is 3.11 bits per heavy atom. The maximum atomic E-state index is 5.90. The highest BCUT2D eigenvalue weighted by Crippen LogP contribution is 2.24. The smallest absolute Gasteiger partial charge is 0.247 e. The number of nitrogens with two attached hydrogens (primary N) is 1. The summed E-state index contributed by atoms with van der Waals surface area (Å²) in [5.41, 5.74) is 7.60. The number of imidazole rings is 1. The predicted octanol–water partition coefficient (Wildman–Crippen LogP) is 2.30. The molecule has 0 fully saturated rings. The lowest BCUT2D eigenvalue weighted by molar-refractivity contribution is 0.617. The third kappa shape index (κ3) is 1.98. The molecule has 0 unspecified atom stereocenters. The van der Waals surface area contributed by atoms with Gasteiger partial charge in [-0.1, -0.05) is 11.6 Å². The van der Waals surface area contributed by atoms with E-state index in [1.165, 1.54) is 0 Å². The van der Waals surface area contributed by atoms with Crippen LogP contribution in [0.4, 0.5) is 0 Å². The monoisotopic (exact) mass is 262 g/mol. The second-order valence-electron chi connectivity index (χ2n) is 3.92. The number of rotatable bonds is 3. The van der Waals surface area contributed by atoms with Crippen molar-refractivity contribution in [1.82, 2.24) is 14.5 Å². The molecule has 0 radical (unpaired) electrons. The number of hydrogen-bond donors (Lipinski definition) is 1. The zero-order valence-corrected chi connectivity index (χ0v) is 10.3. The zero-order valence-electron chi connectivity index (χ0n) is 9.51. The number of benzene rings is 1. The van der Waals surface area contributed by atoms with E-state index in [2.05, 4.69) is 9.97 Å². The van der Waals surface area contributed by atoms with Crippen molar-refractivity contribution in [3.05, 3.63) is 35.7 Å². The summed E-state index contributed by atoms with van der Waals surface area (Å²) in [5.74, 6) is 0.489. The van der Waals surface area contributed by atoms with Crippen molar-refractivity contribution in [1.29, 1.82) is 0 Å². The maximum absolute atomic E-state index is 5.90. The van der Waals surface area contributed by atoms with Gasteiger partial charge in [-0.05, 0) is 18.2 Å². The lowest BCUT2D eigenvalue weighted by atomic mass is 10.3. The molecule has 0 bridgehead atoms. The van der Waals surface area contributed by atoms with Crippen molar-refractivity contribution in [2.24, 2.45) is 5.73 Å². The number of oxazole rings is 1. The molecule has 0 saturated heterocycles. The average Bonchev–Trinajstić information content (AvgIpc) is 2.94. The lowest BCUT2D eigenvalue weighted by Gasteiger charge is -1.94. The van der Waals surface area contributed by atoms with Crippen LogP contribution in [0, 0.1) is 0 Å². The SMILES string of the molecule is NCCn1cnc(-c2nc3cc(Cl)ccc3o2)c1. The number of hydrogen-bond acceptors (Lipinski definition) is 4. The van der Waals surface area contributed by atoms with Gasteiger partial charge in [-0.3, -0.25) is 0 Å². The van der Waals surface area contributed by atoms with Crippen LogP contribution in [0.5, 0.6) is 0 Å². The summed E-state index contributed by atoms with van der Waals surface area (Å²) in [5, 5.41) is 0.635. The molecule has 3 rings (SSSR count). The largest absolute Gasteiger partial charge is 0.435 e. The molecule has 92 valence electrons. The third-order valence-electron chi connectivity index (χ3n) is 2.59. The van der Waals surface area contributed by atoms with Gasteiger partial charge in [0.05, 0.1) is 6.33 Å². The second kappa shape index (κ2) is 4.44. The highest BCUT2D eigenvalue weighted by Gasteiger charge is 2.11. The lowest BCUT2D eigenvalue weighted by Crippen LogP contribution is -2.07. The van der Waals surface area contributed by atoms with Gasteiger partial charge < -0.3 is 14.7 Å². The minimum Gasteiger partial charge on any atom is -0.435 e. The molecule has 1 aromatic carbocycles. The summed E-state index contributed by atoms with van der Waals surface area (Å²) >= 11 is 5.90. The fourth-order valence-corrected chi connectivity index (χ4v) is 1.92. The van der Waals surface area contributed by atoms with Crippen molar-refractivity contribution in [3.63, 3.8) is 0 Å². The highest BCUT2D eigenvalue weighted by molar-refractivity contribution is 6.31. The normalized spacial score (nSPS) is 11.2. The molecule has 2 N–H and O–H groups in total. The fourth-order valence-electron chi connectivity index (χ4n) is 1.75. The Labute approximate surface area is 108 Å². The molecule has 2 heterocycles. The quantitative estimate of drug-likeness (QED) is 0.786. The van der Waals surface area contributed by atoms with Gasteiger partial charge in [0.15, 0.2) is 5.58 Å². The van der Waals surface area contributed by atoms with Crippen LogP contribution in [0.3, 0.4) is 0 Å². The van der Waals surface area contributed by atoms with E-state index in [1.54, 1.807) is 24.5 Å². The first kappa shape index (κ1) is 11.3. The van der Waals surface area contributed by atoms with Crippen LogP contribution in [0.1, 0.15) is 0 Å². The van der Waals surface area contributed by atoms with Gasteiger partial charge in [-0.2, -0.15) is 0 Å². The molecule has 0 aliphatic rings. The van der Waals surface area contributed by atoms with Crippen LogP contribution >= 0.6 is 11.6 Å². The predicted molar refractivity (Wildman–Crippen MR) is 69.3 cm³/mol. The Morgan fingerprint density at radius 1 is 1.39 bits per heavy atom. The van der Waals surface area contributed by atoms with Crippen molar-refractivity contribution in [2.45, 2.75) is 6.54 Å². The Kier molecular flexibility index (Phi) is 2.77. The first-order valence-electron chi connectivity index (χ1n) is 5.54. The van der Waals surface area contributed by atoms with Crippen molar-refractivity contribution >= 4 is 22.7 Å². The Hall–Kier alpha value is -1.85. The van der Waals surface area contributed by atoms with Crippen molar-refractivity contribution in [3.8, 4) is 11.6 Å². The summed E-state index contributed by atoms with van der Waals surface area (Å²) < 4.78 is 7.52. The summed E-state index contributed by atoms with van der Waals surface area (Å²) in [4.78, 5) is 8.60. The van der Waals surface area contributed by atoms with Gasteiger partial charge in [-0.15, -0.1) is 0 Å². The second-order valence-corrected chi connectivity index (χ2v) is 4.35. The van der Waals surface area contributed by atoms with Gasteiger partial charge in [-0.25, -0.2) is 9.97 Å². The molecule has 2 aromatic heterocycles. The van der Waals surface area contributed by atoms with Crippen LogP contribution in [0.25, 0.3) is 22.7 Å². The molecule has 3 aromatic rings. The van der Waals surface area contributed by atoms with Crippen LogP contribution in [0.15, 0.2) is 35.1 Å². The van der Waals surface area contributed by atoms with Gasteiger partial charge in [0, 0.05) is 24.3 Å². The first-order chi connectivity index (χ1) is 8.76. The Morgan fingerprint density at radius 2 is 2.28 bits per heavy atom. The van der Waals surface area contributed by atoms with E-state index >= 15 is 0 Å². The molecule has 0 atom stereocenters. The third-order valence-corrected chi connectivity index (χ3v) is 2.82. The van der Waals surface area contributed by atoms with Gasteiger partial charge in [0.1, 0.15) is 11.2 Å². The van der Waals surface area contributed by atoms with Gasteiger partial charge >= 0.3 is 0 Å². The van der Waals surface area contributed by atoms with Crippen LogP contribution < -0.4 is 5.73 Å². The van der Waals surface area contributed by atoms with E-state index < -0.39 is 0 Å². The van der Waals surface area contributed by atoms with Gasteiger partial charge in [0.2, 0.25) is 5.89 Å². The minimum atomic E-state index is 0.489. The van der Waals surface area contributed by atoms with Crippen molar-refractivity contribution in [2.75, 3.05) is 6.54 Å². The minimum absolute atomic E-state index is 0.489. The first-order valence-corrected chi connectivity index (χ1v) is 5.92. The van der Waals surface area contributed by atoms with Crippen LogP contribution in [-0.2, 0) is 6.54 Å². The topological polar surface area (TPSA) is 69.9 Å². The zero-order chi connectivity index (χ0) is 12.5. The molecule has 5 nitrogen and oxygen atoms in total. The van der Waals surface area contributed by atoms with Crippen LogP contribution in [0.2, 0.25) is 5.02 Å². The molecule has 0 spiro atoms. The van der Waals surface area contributed by atoms with E-state index in [-0.39, 0.29) is 0 Å². The molecule has 0 aliphatic carbocycles. The molecule has 0 saturated carbocycles. The molecular weight excluding hydrogens is 252 g/mol. The number of fused-ring (bicyclic) bond motifs is 1. The van der Waals surface area contributed by atoms with E-state index in [9.17, 15) is 0 Å². The van der Waals surface area contributed by atoms with Gasteiger partial charge in [0.25, 0.3) is 0 Å². The standard InChI is InChI=1S/C12H11ClN4O/c13-8-1-2-11-9(5-8)16-12(18-11)10-6-17(4-3-14)7-15-10/h1-2,5-7H,3-4,14H2. The Balaban J connectivity index is 2.02. The molecule has 0 aliphatic heterocycles. The molecule has 18 heavy (non-hydrogen) atoms. The van der Waals surface area contributed by atoms with Crippen LogP contribution in [-0.4, -0.2) is 21.1 Å². The van der Waals surface area contributed by atoms with E-state index in [4.69, 9.17) is 21.8 Å². The summed E-state index contributed by atoms with van der Waals surface area (Å²) in [6.45, 7) is 1.29. The van der Waals surface area contributed by atoms with Crippen molar-refractivity contribution < 1.29 is 4.42 Å².